The number of rotatable bonds is 7. The maximum Gasteiger partial charge on any atom is 0.253 e. The topological polar surface area (TPSA) is 49.4 Å². The van der Waals surface area contributed by atoms with Crippen molar-refractivity contribution in [3.05, 3.63) is 65.5 Å². The predicted molar refractivity (Wildman–Crippen MR) is 97.0 cm³/mol. The second-order valence-corrected chi connectivity index (χ2v) is 5.73. The molecule has 0 atom stereocenters. The zero-order chi connectivity index (χ0) is 18.2. The van der Waals surface area contributed by atoms with Crippen LogP contribution < -0.4 is 5.32 Å². The monoisotopic (exact) mass is 342 g/mol. The van der Waals surface area contributed by atoms with Gasteiger partial charge in [0.25, 0.3) is 5.91 Å². The van der Waals surface area contributed by atoms with E-state index >= 15 is 0 Å². The van der Waals surface area contributed by atoms with Gasteiger partial charge in [-0.2, -0.15) is 0 Å². The number of amides is 2. The van der Waals surface area contributed by atoms with Gasteiger partial charge in [-0.1, -0.05) is 12.1 Å². The third kappa shape index (κ3) is 5.41. The molecule has 0 heterocycles. The Morgan fingerprint density at radius 2 is 1.56 bits per heavy atom. The molecule has 0 aliphatic carbocycles. The number of aryl methyl sites for hydroxylation is 1. The lowest BCUT2D eigenvalue weighted by molar-refractivity contribution is -0.116. The lowest BCUT2D eigenvalue weighted by atomic mass is 10.1. The van der Waals surface area contributed by atoms with Gasteiger partial charge >= 0.3 is 0 Å². The molecule has 2 aromatic rings. The van der Waals surface area contributed by atoms with Gasteiger partial charge in [-0.25, -0.2) is 4.39 Å². The molecule has 0 aliphatic heterocycles. The molecule has 0 saturated heterocycles. The van der Waals surface area contributed by atoms with Crippen LogP contribution >= 0.6 is 0 Å². The minimum absolute atomic E-state index is 0.0146. The van der Waals surface area contributed by atoms with E-state index in [1.807, 2.05) is 13.8 Å². The largest absolute Gasteiger partial charge is 0.339 e. The van der Waals surface area contributed by atoms with Gasteiger partial charge in [-0.05, 0) is 62.2 Å². The Morgan fingerprint density at radius 1 is 0.960 bits per heavy atom. The van der Waals surface area contributed by atoms with Gasteiger partial charge in [-0.3, -0.25) is 9.59 Å². The van der Waals surface area contributed by atoms with Crippen LogP contribution in [0.25, 0.3) is 0 Å². The van der Waals surface area contributed by atoms with E-state index < -0.39 is 0 Å². The maximum atomic E-state index is 12.9. The van der Waals surface area contributed by atoms with Crippen molar-refractivity contribution in [3.63, 3.8) is 0 Å². The number of halogens is 1. The summed E-state index contributed by atoms with van der Waals surface area (Å²) >= 11 is 0. The lowest BCUT2D eigenvalue weighted by Crippen LogP contribution is -2.30. The second-order valence-electron chi connectivity index (χ2n) is 5.73. The fourth-order valence-electron chi connectivity index (χ4n) is 2.52. The van der Waals surface area contributed by atoms with Crippen molar-refractivity contribution < 1.29 is 14.0 Å². The fourth-order valence-corrected chi connectivity index (χ4v) is 2.52. The van der Waals surface area contributed by atoms with Gasteiger partial charge in [0.1, 0.15) is 5.82 Å². The first-order valence-corrected chi connectivity index (χ1v) is 8.47. The molecule has 0 aliphatic rings. The minimum Gasteiger partial charge on any atom is -0.339 e. The van der Waals surface area contributed by atoms with Crippen LogP contribution in [0.3, 0.4) is 0 Å². The summed E-state index contributed by atoms with van der Waals surface area (Å²) < 4.78 is 12.9. The molecule has 2 amide bonds. The van der Waals surface area contributed by atoms with Crippen molar-refractivity contribution >= 4 is 17.5 Å². The van der Waals surface area contributed by atoms with Gasteiger partial charge < -0.3 is 10.2 Å². The predicted octanol–water partition coefficient (Wildman–Crippen LogP) is 3.88. The summed E-state index contributed by atoms with van der Waals surface area (Å²) in [7, 11) is 0. The Labute approximate surface area is 147 Å². The first kappa shape index (κ1) is 18.6. The Balaban J connectivity index is 1.88. The number of hydrogen-bond acceptors (Lipinski definition) is 2. The Hall–Kier alpha value is -2.69. The highest BCUT2D eigenvalue weighted by Gasteiger charge is 2.12. The number of carbonyl (C=O) groups is 2. The number of nitrogens with zero attached hydrogens (tertiary/aromatic N) is 1. The van der Waals surface area contributed by atoms with Gasteiger partial charge in [-0.15, -0.1) is 0 Å². The SMILES string of the molecule is CCN(CC)C(=O)c1ccc(NC(=O)CCc2ccc(F)cc2)cc1. The quantitative estimate of drug-likeness (QED) is 0.830. The van der Waals surface area contributed by atoms with E-state index in [0.29, 0.717) is 37.2 Å². The van der Waals surface area contributed by atoms with Crippen LogP contribution in [0.15, 0.2) is 48.5 Å². The summed E-state index contributed by atoms with van der Waals surface area (Å²) in [5.74, 6) is -0.418. The number of carbonyl (C=O) groups excluding carboxylic acids is 2. The molecule has 0 unspecified atom stereocenters. The molecule has 0 radical (unpaired) electrons. The minimum atomic E-state index is -0.285. The zero-order valence-electron chi connectivity index (χ0n) is 14.6. The van der Waals surface area contributed by atoms with Crippen LogP contribution in [0, 0.1) is 5.82 Å². The molecule has 2 rings (SSSR count). The molecule has 2 aromatic carbocycles. The van der Waals surface area contributed by atoms with E-state index in [1.165, 1.54) is 12.1 Å². The fraction of sp³-hybridized carbons (Fsp3) is 0.300. The van der Waals surface area contributed by atoms with Crippen LogP contribution in [0.1, 0.15) is 36.2 Å². The summed E-state index contributed by atoms with van der Waals surface area (Å²) in [4.78, 5) is 26.0. The standard InChI is InChI=1S/C20H23FN2O2/c1-3-23(4-2)20(25)16-8-12-18(13-9-16)22-19(24)14-7-15-5-10-17(21)11-6-15/h5-6,8-13H,3-4,7,14H2,1-2H3,(H,22,24). The van der Waals surface area contributed by atoms with Crippen LogP contribution in [0.2, 0.25) is 0 Å². The number of anilines is 1. The van der Waals surface area contributed by atoms with Crippen molar-refractivity contribution in [1.29, 1.82) is 0 Å². The van der Waals surface area contributed by atoms with E-state index in [-0.39, 0.29) is 17.6 Å². The van der Waals surface area contributed by atoms with Crippen molar-refractivity contribution in [3.8, 4) is 0 Å². The second kappa shape index (κ2) is 8.97. The van der Waals surface area contributed by atoms with Crippen molar-refractivity contribution in [2.24, 2.45) is 0 Å². The van der Waals surface area contributed by atoms with Crippen molar-refractivity contribution in [2.75, 3.05) is 18.4 Å². The number of nitrogens with one attached hydrogen (secondary N) is 1. The Bertz CT molecular complexity index is 707. The molecular formula is C20H23FN2O2. The Kier molecular flexibility index (Phi) is 6.69. The summed E-state index contributed by atoms with van der Waals surface area (Å²) in [5.41, 5.74) is 2.17. The molecule has 5 heteroatoms. The first-order chi connectivity index (χ1) is 12.0. The summed E-state index contributed by atoms with van der Waals surface area (Å²) in [6.45, 7) is 5.21. The molecule has 0 spiro atoms. The van der Waals surface area contributed by atoms with E-state index in [0.717, 1.165) is 5.56 Å². The van der Waals surface area contributed by atoms with E-state index in [1.54, 1.807) is 41.3 Å². The normalized spacial score (nSPS) is 10.4. The third-order valence-corrected chi connectivity index (χ3v) is 4.02. The van der Waals surface area contributed by atoms with Gasteiger partial charge in [0.2, 0.25) is 5.91 Å². The maximum absolute atomic E-state index is 12.9. The van der Waals surface area contributed by atoms with Gasteiger partial charge in [0.05, 0.1) is 0 Å². The summed E-state index contributed by atoms with van der Waals surface area (Å²) in [6, 6.07) is 13.0. The highest BCUT2D eigenvalue weighted by atomic mass is 19.1. The van der Waals surface area contributed by atoms with Crippen LogP contribution in [-0.2, 0) is 11.2 Å². The highest BCUT2D eigenvalue weighted by Crippen LogP contribution is 2.13. The molecule has 4 nitrogen and oxygen atoms in total. The summed E-state index contributed by atoms with van der Waals surface area (Å²) in [5, 5.41) is 2.81. The van der Waals surface area contributed by atoms with Crippen LogP contribution in [0.4, 0.5) is 10.1 Å². The first-order valence-electron chi connectivity index (χ1n) is 8.47. The Morgan fingerprint density at radius 3 is 2.12 bits per heavy atom. The van der Waals surface area contributed by atoms with E-state index in [9.17, 15) is 14.0 Å². The van der Waals surface area contributed by atoms with Crippen LogP contribution in [-0.4, -0.2) is 29.8 Å². The molecule has 0 aromatic heterocycles. The molecule has 0 saturated carbocycles. The highest BCUT2D eigenvalue weighted by molar-refractivity contribution is 5.95. The lowest BCUT2D eigenvalue weighted by Gasteiger charge is -2.18. The van der Waals surface area contributed by atoms with E-state index in [4.69, 9.17) is 0 Å². The van der Waals surface area contributed by atoms with Gasteiger partial charge in [0, 0.05) is 30.8 Å². The summed E-state index contributed by atoms with van der Waals surface area (Å²) in [6.07, 6.45) is 0.858. The smallest absolute Gasteiger partial charge is 0.253 e. The molecule has 132 valence electrons. The third-order valence-electron chi connectivity index (χ3n) is 4.02. The average molecular weight is 342 g/mol. The molecular weight excluding hydrogens is 319 g/mol. The number of benzene rings is 2. The van der Waals surface area contributed by atoms with Crippen LogP contribution in [0.5, 0.6) is 0 Å². The zero-order valence-corrected chi connectivity index (χ0v) is 14.6. The van der Waals surface area contributed by atoms with E-state index in [2.05, 4.69) is 5.32 Å². The molecule has 0 fully saturated rings. The molecule has 25 heavy (non-hydrogen) atoms. The average Bonchev–Trinajstić information content (AvgIpc) is 2.63. The van der Waals surface area contributed by atoms with Gasteiger partial charge in [0.15, 0.2) is 0 Å². The molecule has 0 bridgehead atoms. The van der Waals surface area contributed by atoms with Crippen molar-refractivity contribution in [2.45, 2.75) is 26.7 Å². The van der Waals surface area contributed by atoms with Crippen molar-refractivity contribution in [1.82, 2.24) is 4.90 Å². The molecule has 1 N–H and O–H groups in total. The number of hydrogen-bond donors (Lipinski definition) is 1.